The van der Waals surface area contributed by atoms with E-state index >= 15 is 0 Å². The van der Waals surface area contributed by atoms with Gasteiger partial charge in [0.1, 0.15) is 5.60 Å². The van der Waals surface area contributed by atoms with Crippen LogP contribution in [0.1, 0.15) is 52.6 Å². The molecule has 2 rings (SSSR count). The average molecular weight is 344 g/mol. The second-order valence-corrected chi connectivity index (χ2v) is 7.44. The first-order valence-electron chi connectivity index (χ1n) is 8.70. The Morgan fingerprint density at radius 1 is 1.20 bits per heavy atom. The third-order valence-electron chi connectivity index (χ3n) is 4.11. The summed E-state index contributed by atoms with van der Waals surface area (Å²) < 4.78 is 5.42. The van der Waals surface area contributed by atoms with Crippen molar-refractivity contribution >= 4 is 11.9 Å². The number of carbonyl (C=O) groups excluding carboxylic acids is 2. The van der Waals surface area contributed by atoms with Crippen LogP contribution in [0.2, 0.25) is 0 Å². The molecule has 0 aromatic heterocycles. The van der Waals surface area contributed by atoms with Crippen molar-refractivity contribution in [3.05, 3.63) is 47.2 Å². The van der Waals surface area contributed by atoms with Gasteiger partial charge < -0.3 is 15.0 Å². The Bertz CT molecular complexity index is 659. The minimum Gasteiger partial charge on any atom is -0.444 e. The standard InChI is InChI=1S/C20H28N2O3/c1-14(16-9-7-6-8-10-16)21-18-11-12-22(13-17(18)15(2)23)19(24)25-20(3,4)5/h6-10,14,21H,11-13H2,1-5H3/t14-/m1/s1. The molecule has 136 valence electrons. The highest BCUT2D eigenvalue weighted by atomic mass is 16.6. The van der Waals surface area contributed by atoms with Gasteiger partial charge in [-0.3, -0.25) is 4.79 Å². The van der Waals surface area contributed by atoms with Crippen LogP contribution in [-0.4, -0.2) is 35.5 Å². The summed E-state index contributed by atoms with van der Waals surface area (Å²) >= 11 is 0. The lowest BCUT2D eigenvalue weighted by Gasteiger charge is -2.33. The van der Waals surface area contributed by atoms with Crippen LogP contribution < -0.4 is 5.32 Å². The number of rotatable bonds is 4. The summed E-state index contributed by atoms with van der Waals surface area (Å²) in [4.78, 5) is 26.0. The van der Waals surface area contributed by atoms with Crippen LogP contribution in [0.3, 0.4) is 0 Å². The van der Waals surface area contributed by atoms with Crippen molar-refractivity contribution in [3.8, 4) is 0 Å². The van der Waals surface area contributed by atoms with Gasteiger partial charge >= 0.3 is 6.09 Å². The Kier molecular flexibility index (Phi) is 5.88. The summed E-state index contributed by atoms with van der Waals surface area (Å²) in [5.41, 5.74) is 2.19. The molecule has 1 N–H and O–H groups in total. The van der Waals surface area contributed by atoms with E-state index in [0.717, 1.165) is 11.3 Å². The fourth-order valence-electron chi connectivity index (χ4n) is 2.81. The second kappa shape index (κ2) is 7.72. The van der Waals surface area contributed by atoms with Crippen molar-refractivity contribution < 1.29 is 14.3 Å². The first-order valence-corrected chi connectivity index (χ1v) is 8.70. The molecule has 25 heavy (non-hydrogen) atoms. The molecule has 0 unspecified atom stereocenters. The van der Waals surface area contributed by atoms with E-state index in [0.29, 0.717) is 18.5 Å². The Morgan fingerprint density at radius 2 is 1.84 bits per heavy atom. The quantitative estimate of drug-likeness (QED) is 0.902. The molecule has 1 aromatic rings. The molecule has 0 fully saturated rings. The van der Waals surface area contributed by atoms with E-state index in [9.17, 15) is 9.59 Å². The lowest BCUT2D eigenvalue weighted by Crippen LogP contribution is -2.43. The predicted molar refractivity (Wildman–Crippen MR) is 98.1 cm³/mol. The molecule has 5 heteroatoms. The highest BCUT2D eigenvalue weighted by Gasteiger charge is 2.29. The van der Waals surface area contributed by atoms with Crippen LogP contribution in [0.4, 0.5) is 4.79 Å². The molecule has 1 heterocycles. The predicted octanol–water partition coefficient (Wildman–Crippen LogP) is 3.82. The third kappa shape index (κ3) is 5.34. The number of amides is 1. The van der Waals surface area contributed by atoms with Gasteiger partial charge in [-0.1, -0.05) is 30.3 Å². The molecule has 1 aromatic carbocycles. The van der Waals surface area contributed by atoms with E-state index < -0.39 is 5.60 Å². The van der Waals surface area contributed by atoms with Crippen molar-refractivity contribution in [2.45, 2.75) is 52.7 Å². The molecule has 1 atom stereocenters. The monoisotopic (exact) mass is 344 g/mol. The highest BCUT2D eigenvalue weighted by Crippen LogP contribution is 2.23. The molecule has 0 spiro atoms. The molecule has 1 aliphatic heterocycles. The van der Waals surface area contributed by atoms with E-state index in [4.69, 9.17) is 4.74 Å². The number of ketones is 1. The van der Waals surface area contributed by atoms with Gasteiger partial charge in [0, 0.05) is 30.3 Å². The third-order valence-corrected chi connectivity index (χ3v) is 4.11. The molecular formula is C20H28N2O3. The molecule has 5 nitrogen and oxygen atoms in total. The van der Waals surface area contributed by atoms with Gasteiger partial charge in [0.25, 0.3) is 0 Å². The van der Waals surface area contributed by atoms with Gasteiger partial charge in [0.05, 0.1) is 6.54 Å². The molecule has 0 bridgehead atoms. The number of nitrogens with one attached hydrogen (secondary N) is 1. The highest BCUT2D eigenvalue weighted by molar-refractivity contribution is 5.95. The Labute approximate surface area is 150 Å². The van der Waals surface area contributed by atoms with E-state index in [2.05, 4.69) is 24.4 Å². The van der Waals surface area contributed by atoms with Gasteiger partial charge in [-0.05, 0) is 40.2 Å². The number of nitrogens with zero attached hydrogens (tertiary/aromatic N) is 1. The SMILES string of the molecule is CC(=O)C1=C(N[C@H](C)c2ccccc2)CCN(C(=O)OC(C)(C)C)C1. The maximum Gasteiger partial charge on any atom is 0.410 e. The number of benzene rings is 1. The first-order chi connectivity index (χ1) is 11.7. The number of hydrogen-bond donors (Lipinski definition) is 1. The van der Waals surface area contributed by atoms with Crippen molar-refractivity contribution in [2.75, 3.05) is 13.1 Å². The van der Waals surface area contributed by atoms with Gasteiger partial charge in [-0.25, -0.2) is 4.79 Å². The Balaban J connectivity index is 2.13. The fraction of sp³-hybridized carbons (Fsp3) is 0.500. The minimum atomic E-state index is -0.544. The normalized spacial score (nSPS) is 16.4. The van der Waals surface area contributed by atoms with Crippen LogP contribution in [0.25, 0.3) is 0 Å². The molecule has 0 saturated heterocycles. The van der Waals surface area contributed by atoms with E-state index in [1.807, 2.05) is 39.0 Å². The maximum absolute atomic E-state index is 12.3. The van der Waals surface area contributed by atoms with Crippen molar-refractivity contribution in [3.63, 3.8) is 0 Å². The van der Waals surface area contributed by atoms with Gasteiger partial charge in [-0.15, -0.1) is 0 Å². The molecule has 1 aliphatic rings. The molecule has 1 amide bonds. The Morgan fingerprint density at radius 3 is 2.40 bits per heavy atom. The van der Waals surface area contributed by atoms with Gasteiger partial charge in [-0.2, -0.15) is 0 Å². The number of ether oxygens (including phenoxy) is 1. The van der Waals surface area contributed by atoms with Crippen molar-refractivity contribution in [1.82, 2.24) is 10.2 Å². The van der Waals surface area contributed by atoms with Gasteiger partial charge in [0.15, 0.2) is 5.78 Å². The molecule has 0 aliphatic carbocycles. The van der Waals surface area contributed by atoms with E-state index in [1.165, 1.54) is 0 Å². The largest absolute Gasteiger partial charge is 0.444 e. The van der Waals surface area contributed by atoms with Crippen LogP contribution in [0.5, 0.6) is 0 Å². The summed E-state index contributed by atoms with van der Waals surface area (Å²) in [5.74, 6) is -0.0176. The van der Waals surface area contributed by atoms with Crippen LogP contribution in [0, 0.1) is 0 Å². The van der Waals surface area contributed by atoms with Gasteiger partial charge in [0.2, 0.25) is 0 Å². The fourth-order valence-corrected chi connectivity index (χ4v) is 2.81. The smallest absolute Gasteiger partial charge is 0.410 e. The number of hydrogen-bond acceptors (Lipinski definition) is 4. The summed E-state index contributed by atoms with van der Waals surface area (Å²) in [6, 6.07) is 10.2. The van der Waals surface area contributed by atoms with Crippen LogP contribution >= 0.6 is 0 Å². The number of carbonyl (C=O) groups is 2. The van der Waals surface area contributed by atoms with Crippen molar-refractivity contribution in [2.24, 2.45) is 0 Å². The summed E-state index contributed by atoms with van der Waals surface area (Å²) in [6.07, 6.45) is 0.243. The lowest BCUT2D eigenvalue weighted by molar-refractivity contribution is -0.114. The van der Waals surface area contributed by atoms with E-state index in [1.54, 1.807) is 11.8 Å². The average Bonchev–Trinajstić information content (AvgIpc) is 2.54. The zero-order valence-corrected chi connectivity index (χ0v) is 15.8. The lowest BCUT2D eigenvalue weighted by atomic mass is 10.0. The Hall–Kier alpha value is -2.30. The second-order valence-electron chi connectivity index (χ2n) is 7.44. The molecular weight excluding hydrogens is 316 g/mol. The summed E-state index contributed by atoms with van der Waals surface area (Å²) in [5, 5.41) is 3.45. The molecule has 0 radical (unpaired) electrons. The summed E-state index contributed by atoms with van der Waals surface area (Å²) in [6.45, 7) is 9.95. The minimum absolute atomic E-state index is 0.0176. The van der Waals surface area contributed by atoms with Crippen LogP contribution in [0.15, 0.2) is 41.6 Å². The zero-order valence-electron chi connectivity index (χ0n) is 15.8. The topological polar surface area (TPSA) is 58.6 Å². The van der Waals surface area contributed by atoms with Crippen molar-refractivity contribution in [1.29, 1.82) is 0 Å². The zero-order chi connectivity index (χ0) is 18.6. The number of Topliss-reactive ketones (excluding diaryl/α,β-unsaturated/α-hetero) is 1. The van der Waals surface area contributed by atoms with Crippen LogP contribution in [-0.2, 0) is 9.53 Å². The van der Waals surface area contributed by atoms with E-state index in [-0.39, 0.29) is 24.5 Å². The molecule has 0 saturated carbocycles. The first kappa shape index (κ1) is 19.0. The maximum atomic E-state index is 12.3. The summed E-state index contributed by atoms with van der Waals surface area (Å²) in [7, 11) is 0.